The number of pyridine rings is 1. The fraction of sp³-hybridized carbons (Fsp3) is 0.172. The Bertz CT molecular complexity index is 1680. The lowest BCUT2D eigenvalue weighted by Crippen LogP contribution is -2.20. The maximum atomic E-state index is 13.7. The van der Waals surface area contributed by atoms with Gasteiger partial charge in [0.05, 0.1) is 23.1 Å². The van der Waals surface area contributed by atoms with Gasteiger partial charge in [0.2, 0.25) is 0 Å². The van der Waals surface area contributed by atoms with E-state index in [1.807, 2.05) is 30.5 Å². The number of aromatic nitrogens is 4. The smallest absolute Gasteiger partial charge is 0.176 e. The molecule has 0 amide bonds. The van der Waals surface area contributed by atoms with Gasteiger partial charge in [0.25, 0.3) is 0 Å². The molecule has 1 unspecified atom stereocenters. The van der Waals surface area contributed by atoms with Gasteiger partial charge in [-0.3, -0.25) is 10.1 Å². The van der Waals surface area contributed by atoms with Crippen LogP contribution in [0.4, 0.5) is 4.39 Å². The Morgan fingerprint density at radius 3 is 2.78 bits per heavy atom. The van der Waals surface area contributed by atoms with Gasteiger partial charge >= 0.3 is 0 Å². The molecular formula is C29H26FN5S. The maximum absolute atomic E-state index is 13.7. The van der Waals surface area contributed by atoms with E-state index < -0.39 is 0 Å². The zero-order valence-corrected chi connectivity index (χ0v) is 21.1. The molecule has 3 N–H and O–H groups in total. The Labute approximate surface area is 212 Å². The number of allylic oxidation sites excluding steroid dienone is 5. The highest BCUT2D eigenvalue weighted by molar-refractivity contribution is 7.14. The summed E-state index contributed by atoms with van der Waals surface area (Å²) in [6, 6.07) is 13.9. The first-order chi connectivity index (χ1) is 17.4. The third-order valence-corrected chi connectivity index (χ3v) is 7.20. The van der Waals surface area contributed by atoms with Crippen LogP contribution in [0.15, 0.2) is 78.7 Å². The number of hydrogen-bond donors (Lipinski definition) is 3. The minimum absolute atomic E-state index is 0.186. The second-order valence-corrected chi connectivity index (χ2v) is 10.5. The summed E-state index contributed by atoms with van der Waals surface area (Å²) in [7, 11) is 0. The minimum Gasteiger partial charge on any atom is -0.383 e. The number of hydrogen-bond acceptors (Lipinski definition) is 4. The first kappa shape index (κ1) is 22.5. The zero-order chi connectivity index (χ0) is 24.8. The molecule has 4 heterocycles. The normalized spacial score (nSPS) is 16.0. The molecule has 5 aromatic rings. The molecule has 1 aliphatic carbocycles. The summed E-state index contributed by atoms with van der Waals surface area (Å²) in [5.41, 5.74) is 7.64. The predicted octanol–water partition coefficient (Wildman–Crippen LogP) is 7.45. The third kappa shape index (κ3) is 4.16. The average molecular weight is 496 g/mol. The molecule has 36 heavy (non-hydrogen) atoms. The van der Waals surface area contributed by atoms with E-state index in [1.54, 1.807) is 0 Å². The van der Waals surface area contributed by atoms with Gasteiger partial charge in [0, 0.05) is 38.5 Å². The van der Waals surface area contributed by atoms with E-state index in [0.717, 1.165) is 71.9 Å². The van der Waals surface area contributed by atoms with E-state index in [1.165, 1.54) is 6.07 Å². The Kier molecular flexibility index (Phi) is 5.57. The molecule has 180 valence electrons. The Morgan fingerprint density at radius 1 is 1.08 bits per heavy atom. The molecule has 1 atom stereocenters. The van der Waals surface area contributed by atoms with Crippen LogP contribution in [0.25, 0.3) is 49.2 Å². The molecule has 0 saturated heterocycles. The summed E-state index contributed by atoms with van der Waals surface area (Å²) in [6.45, 7) is 6.44. The Balaban J connectivity index is 1.44. The highest BCUT2D eigenvalue weighted by Crippen LogP contribution is 2.37. The van der Waals surface area contributed by atoms with E-state index in [9.17, 15) is 4.39 Å². The van der Waals surface area contributed by atoms with Gasteiger partial charge in [0.1, 0.15) is 5.69 Å². The number of rotatable bonds is 5. The van der Waals surface area contributed by atoms with E-state index in [0.29, 0.717) is 12.0 Å². The number of nitrogens with zero attached hydrogens (tertiary/aromatic N) is 2. The van der Waals surface area contributed by atoms with E-state index in [-0.39, 0.29) is 5.13 Å². The third-order valence-electron chi connectivity index (χ3n) is 6.29. The Morgan fingerprint density at radius 2 is 1.97 bits per heavy atom. The number of nitrogens with one attached hydrogen (secondary N) is 3. The molecule has 0 bridgehead atoms. The first-order valence-corrected chi connectivity index (χ1v) is 12.9. The van der Waals surface area contributed by atoms with Crippen LogP contribution in [-0.2, 0) is 0 Å². The number of halogens is 1. The second kappa shape index (κ2) is 8.91. The number of H-pyrrole nitrogens is 2. The fourth-order valence-corrected chi connectivity index (χ4v) is 5.45. The van der Waals surface area contributed by atoms with Crippen molar-refractivity contribution >= 4 is 38.7 Å². The van der Waals surface area contributed by atoms with Crippen molar-refractivity contribution in [2.75, 3.05) is 0 Å². The first-order valence-electron chi connectivity index (χ1n) is 12.0. The molecule has 0 spiro atoms. The standard InChI is InChI=1S/C29H26FN5S/c1-16(2)32-19-8-7-17(3)11-18(12-19)24-14-22-26(15-31-24)34-35-29(22)25-13-21-20(5-4-6-23(21)33-25)27-9-10-28(30)36-27/h4-17,32-33H,1-3H3,(H,34,35). The molecule has 0 fully saturated rings. The van der Waals surface area contributed by atoms with Crippen molar-refractivity contribution < 1.29 is 4.39 Å². The van der Waals surface area contributed by atoms with Crippen LogP contribution in [0.3, 0.4) is 0 Å². The molecule has 0 saturated carbocycles. The average Bonchev–Trinajstić information content (AvgIpc) is 3.55. The molecule has 0 aliphatic heterocycles. The van der Waals surface area contributed by atoms with Crippen LogP contribution < -0.4 is 5.32 Å². The van der Waals surface area contributed by atoms with E-state index in [2.05, 4.69) is 77.7 Å². The van der Waals surface area contributed by atoms with Gasteiger partial charge in [-0.1, -0.05) is 31.2 Å². The predicted molar refractivity (Wildman–Crippen MR) is 147 cm³/mol. The second-order valence-electron chi connectivity index (χ2n) is 9.48. The van der Waals surface area contributed by atoms with Crippen molar-refractivity contribution in [3.8, 4) is 21.8 Å². The van der Waals surface area contributed by atoms with Crippen molar-refractivity contribution in [1.82, 2.24) is 25.5 Å². The van der Waals surface area contributed by atoms with Crippen LogP contribution in [-0.4, -0.2) is 26.2 Å². The fourth-order valence-electron chi connectivity index (χ4n) is 4.68. The topological polar surface area (TPSA) is 69.4 Å². The molecule has 1 aromatic carbocycles. The van der Waals surface area contributed by atoms with Gasteiger partial charge < -0.3 is 10.3 Å². The van der Waals surface area contributed by atoms with Gasteiger partial charge in [-0.2, -0.15) is 9.49 Å². The molecule has 0 radical (unpaired) electrons. The summed E-state index contributed by atoms with van der Waals surface area (Å²) in [5.74, 6) is 0.290. The summed E-state index contributed by atoms with van der Waals surface area (Å²) < 4.78 is 13.7. The number of fused-ring (bicyclic) bond motifs is 2. The lowest BCUT2D eigenvalue weighted by molar-refractivity contribution is 0.657. The van der Waals surface area contributed by atoms with Crippen molar-refractivity contribution in [2.45, 2.75) is 26.8 Å². The minimum atomic E-state index is -0.186. The van der Waals surface area contributed by atoms with Crippen molar-refractivity contribution in [1.29, 1.82) is 0 Å². The van der Waals surface area contributed by atoms with Gasteiger partial charge in [0.15, 0.2) is 5.13 Å². The van der Waals surface area contributed by atoms with Crippen LogP contribution in [0.5, 0.6) is 0 Å². The lowest BCUT2D eigenvalue weighted by atomic mass is 10.0. The summed E-state index contributed by atoms with van der Waals surface area (Å²) in [5, 5.41) is 13.1. The van der Waals surface area contributed by atoms with Crippen molar-refractivity contribution in [3.63, 3.8) is 0 Å². The van der Waals surface area contributed by atoms with Crippen molar-refractivity contribution in [3.05, 3.63) is 89.5 Å². The maximum Gasteiger partial charge on any atom is 0.176 e. The van der Waals surface area contributed by atoms with Gasteiger partial charge in [-0.25, -0.2) is 0 Å². The molecule has 6 rings (SSSR count). The zero-order valence-electron chi connectivity index (χ0n) is 20.3. The van der Waals surface area contributed by atoms with Crippen molar-refractivity contribution in [2.24, 2.45) is 5.92 Å². The lowest BCUT2D eigenvalue weighted by Gasteiger charge is -2.11. The summed E-state index contributed by atoms with van der Waals surface area (Å²) in [4.78, 5) is 9.16. The van der Waals surface area contributed by atoms with Gasteiger partial charge in [-0.15, -0.1) is 11.3 Å². The quantitative estimate of drug-likeness (QED) is 0.237. The Hall–Kier alpha value is -3.97. The largest absolute Gasteiger partial charge is 0.383 e. The summed E-state index contributed by atoms with van der Waals surface area (Å²) in [6.07, 6.45) is 10.6. The van der Waals surface area contributed by atoms with Gasteiger partial charge in [-0.05, 0) is 67.8 Å². The van der Waals surface area contributed by atoms with Crippen LogP contribution >= 0.6 is 11.3 Å². The molecule has 5 nitrogen and oxygen atoms in total. The molecule has 7 heteroatoms. The number of aromatic amines is 2. The summed E-state index contributed by atoms with van der Waals surface area (Å²) >= 11 is 1.16. The monoisotopic (exact) mass is 495 g/mol. The number of benzene rings is 1. The molecule has 4 aromatic heterocycles. The van der Waals surface area contributed by atoms with Crippen LogP contribution in [0.2, 0.25) is 0 Å². The highest BCUT2D eigenvalue weighted by atomic mass is 32.1. The highest BCUT2D eigenvalue weighted by Gasteiger charge is 2.16. The van der Waals surface area contributed by atoms with E-state index >= 15 is 0 Å². The molecular weight excluding hydrogens is 469 g/mol. The molecule has 1 aliphatic rings. The van der Waals surface area contributed by atoms with Crippen LogP contribution in [0.1, 0.15) is 26.5 Å². The van der Waals surface area contributed by atoms with E-state index in [4.69, 9.17) is 4.98 Å². The SMILES string of the molecule is CC1C=CC(NC(C)C)=CC(c2cc3c(-c4cc5c(-c6ccc(F)s6)cccc5[nH]4)n[nH]c3cn2)=C1. The number of thiophene rings is 1. The van der Waals surface area contributed by atoms with Crippen LogP contribution in [0, 0.1) is 11.0 Å².